The van der Waals surface area contributed by atoms with Crippen LogP contribution in [0.15, 0.2) is 18.5 Å². The van der Waals surface area contributed by atoms with E-state index in [4.69, 9.17) is 0 Å². The maximum absolute atomic E-state index is 11.5. The molecule has 1 atom stereocenters. The van der Waals surface area contributed by atoms with E-state index < -0.39 is 0 Å². The van der Waals surface area contributed by atoms with Gasteiger partial charge in [-0.1, -0.05) is 13.8 Å². The molecule has 1 amide bonds. The minimum atomic E-state index is 0.0216. The lowest BCUT2D eigenvalue weighted by Crippen LogP contribution is -2.42. The van der Waals surface area contributed by atoms with Crippen molar-refractivity contribution < 1.29 is 4.79 Å². The Morgan fingerprint density at radius 3 is 2.75 bits per heavy atom. The third kappa shape index (κ3) is 4.93. The highest BCUT2D eigenvalue weighted by atomic mass is 16.2. The van der Waals surface area contributed by atoms with Crippen LogP contribution in [0.3, 0.4) is 0 Å². The third-order valence-corrected chi connectivity index (χ3v) is 2.10. The van der Waals surface area contributed by atoms with Crippen LogP contribution >= 0.6 is 0 Å². The largest absolute Gasteiger partial charge is 0.351 e. The van der Waals surface area contributed by atoms with Gasteiger partial charge in [-0.15, -0.1) is 0 Å². The Morgan fingerprint density at radius 2 is 2.19 bits per heavy atom. The summed E-state index contributed by atoms with van der Waals surface area (Å²) in [4.78, 5) is 11.5. The van der Waals surface area contributed by atoms with E-state index in [0.717, 1.165) is 0 Å². The highest BCUT2D eigenvalue weighted by molar-refractivity contribution is 5.78. The molecule has 0 aliphatic carbocycles. The highest BCUT2D eigenvalue weighted by Crippen LogP contribution is 1.90. The first-order chi connectivity index (χ1) is 7.58. The minimum absolute atomic E-state index is 0.0216. The van der Waals surface area contributed by atoms with Gasteiger partial charge >= 0.3 is 0 Å². The summed E-state index contributed by atoms with van der Waals surface area (Å²) in [5.74, 6) is 0.0216. The summed E-state index contributed by atoms with van der Waals surface area (Å²) < 4.78 is 1.81. The van der Waals surface area contributed by atoms with Crippen molar-refractivity contribution in [3.63, 3.8) is 0 Å². The fourth-order valence-corrected chi connectivity index (χ4v) is 1.36. The van der Waals surface area contributed by atoms with Crippen LogP contribution in [0.1, 0.15) is 20.8 Å². The molecule has 0 spiro atoms. The molecule has 1 aromatic heterocycles. The van der Waals surface area contributed by atoms with Gasteiger partial charge in [0.05, 0.1) is 13.1 Å². The van der Waals surface area contributed by atoms with E-state index in [1.165, 1.54) is 0 Å². The van der Waals surface area contributed by atoms with Crippen LogP contribution in [-0.4, -0.2) is 34.3 Å². The molecule has 1 rings (SSSR count). The molecule has 16 heavy (non-hydrogen) atoms. The van der Waals surface area contributed by atoms with E-state index in [0.29, 0.717) is 19.1 Å². The lowest BCUT2D eigenvalue weighted by Gasteiger charge is -2.15. The summed E-state index contributed by atoms with van der Waals surface area (Å²) in [5, 5.41) is 10.1. The van der Waals surface area contributed by atoms with Crippen molar-refractivity contribution in [2.75, 3.05) is 6.54 Å². The van der Waals surface area contributed by atoms with Crippen molar-refractivity contribution in [2.45, 2.75) is 39.4 Å². The molecule has 0 saturated carbocycles. The number of carbonyl (C=O) groups is 1. The zero-order valence-electron chi connectivity index (χ0n) is 10.1. The van der Waals surface area contributed by atoms with E-state index in [1.807, 2.05) is 33.0 Å². The predicted octanol–water partition coefficient (Wildman–Crippen LogP) is 0.386. The molecule has 0 fully saturated rings. The maximum Gasteiger partial charge on any atom is 0.234 e. The van der Waals surface area contributed by atoms with Crippen molar-refractivity contribution in [1.29, 1.82) is 0 Å². The van der Waals surface area contributed by atoms with Crippen molar-refractivity contribution >= 4 is 5.91 Å². The Labute approximate surface area is 96.2 Å². The fraction of sp³-hybridized carbons (Fsp3) is 0.636. The molecule has 0 radical (unpaired) electrons. The SMILES string of the molecule is CC(C)NCC(=O)NC(C)Cn1cccn1. The zero-order valence-corrected chi connectivity index (χ0v) is 10.1. The van der Waals surface area contributed by atoms with Gasteiger partial charge in [0.15, 0.2) is 0 Å². The Hall–Kier alpha value is -1.36. The second kappa shape index (κ2) is 6.27. The van der Waals surface area contributed by atoms with Crippen molar-refractivity contribution in [3.05, 3.63) is 18.5 Å². The van der Waals surface area contributed by atoms with Crippen LogP contribution in [0.25, 0.3) is 0 Å². The van der Waals surface area contributed by atoms with Crippen molar-refractivity contribution in [3.8, 4) is 0 Å². The summed E-state index contributed by atoms with van der Waals surface area (Å²) in [5.41, 5.74) is 0. The molecule has 0 aromatic carbocycles. The van der Waals surface area contributed by atoms with E-state index >= 15 is 0 Å². The Balaban J connectivity index is 2.23. The average molecular weight is 224 g/mol. The lowest BCUT2D eigenvalue weighted by atomic mass is 10.3. The number of nitrogens with zero attached hydrogens (tertiary/aromatic N) is 2. The molecule has 0 aliphatic heterocycles. The van der Waals surface area contributed by atoms with E-state index in [1.54, 1.807) is 10.9 Å². The van der Waals surface area contributed by atoms with Crippen LogP contribution in [0.4, 0.5) is 0 Å². The summed E-state index contributed by atoms with van der Waals surface area (Å²) >= 11 is 0. The van der Waals surface area contributed by atoms with E-state index in [-0.39, 0.29) is 11.9 Å². The summed E-state index contributed by atoms with van der Waals surface area (Å²) in [6.45, 7) is 7.05. The molecule has 1 heterocycles. The standard InChI is InChI=1S/C11H20N4O/c1-9(2)12-7-11(16)14-10(3)8-15-6-4-5-13-15/h4-6,9-10,12H,7-8H2,1-3H3,(H,14,16). The number of amides is 1. The second-order valence-corrected chi connectivity index (χ2v) is 4.23. The number of hydrogen-bond acceptors (Lipinski definition) is 3. The van der Waals surface area contributed by atoms with Gasteiger partial charge in [0.1, 0.15) is 0 Å². The van der Waals surface area contributed by atoms with Gasteiger partial charge in [-0.25, -0.2) is 0 Å². The molecular weight excluding hydrogens is 204 g/mol. The quantitative estimate of drug-likeness (QED) is 0.734. The first kappa shape index (κ1) is 12.7. The highest BCUT2D eigenvalue weighted by Gasteiger charge is 2.07. The number of hydrogen-bond donors (Lipinski definition) is 2. The second-order valence-electron chi connectivity index (χ2n) is 4.23. The lowest BCUT2D eigenvalue weighted by molar-refractivity contribution is -0.121. The van der Waals surface area contributed by atoms with Crippen LogP contribution in [0.5, 0.6) is 0 Å². The van der Waals surface area contributed by atoms with Crippen LogP contribution in [0.2, 0.25) is 0 Å². The average Bonchev–Trinajstić information content (AvgIpc) is 2.67. The molecule has 90 valence electrons. The molecule has 5 heteroatoms. The van der Waals surface area contributed by atoms with E-state index in [2.05, 4.69) is 15.7 Å². The molecular formula is C11H20N4O. The number of rotatable bonds is 6. The third-order valence-electron chi connectivity index (χ3n) is 2.10. The van der Waals surface area contributed by atoms with Gasteiger partial charge in [-0.2, -0.15) is 5.10 Å². The fourth-order valence-electron chi connectivity index (χ4n) is 1.36. The van der Waals surface area contributed by atoms with Crippen LogP contribution < -0.4 is 10.6 Å². The smallest absolute Gasteiger partial charge is 0.234 e. The summed E-state index contributed by atoms with van der Waals surface area (Å²) in [6.07, 6.45) is 3.61. The number of aromatic nitrogens is 2. The van der Waals surface area contributed by atoms with Gasteiger partial charge in [0.25, 0.3) is 0 Å². The van der Waals surface area contributed by atoms with Crippen LogP contribution in [0, 0.1) is 0 Å². The van der Waals surface area contributed by atoms with Gasteiger partial charge < -0.3 is 10.6 Å². The first-order valence-electron chi connectivity index (χ1n) is 5.58. The van der Waals surface area contributed by atoms with Gasteiger partial charge in [-0.05, 0) is 13.0 Å². The first-order valence-corrected chi connectivity index (χ1v) is 5.58. The zero-order chi connectivity index (χ0) is 12.0. The monoisotopic (exact) mass is 224 g/mol. The molecule has 0 aliphatic rings. The van der Waals surface area contributed by atoms with Gasteiger partial charge in [0, 0.05) is 24.5 Å². The normalized spacial score (nSPS) is 12.8. The van der Waals surface area contributed by atoms with Crippen molar-refractivity contribution in [1.82, 2.24) is 20.4 Å². The van der Waals surface area contributed by atoms with Crippen molar-refractivity contribution in [2.24, 2.45) is 0 Å². The topological polar surface area (TPSA) is 59.0 Å². The predicted molar refractivity (Wildman–Crippen MR) is 63.0 cm³/mol. The van der Waals surface area contributed by atoms with E-state index in [9.17, 15) is 4.79 Å². The summed E-state index contributed by atoms with van der Waals surface area (Å²) in [6, 6.07) is 2.28. The molecule has 1 unspecified atom stereocenters. The van der Waals surface area contributed by atoms with Crippen LogP contribution in [-0.2, 0) is 11.3 Å². The van der Waals surface area contributed by atoms with Gasteiger partial charge in [0.2, 0.25) is 5.91 Å². The molecule has 0 bridgehead atoms. The van der Waals surface area contributed by atoms with Gasteiger partial charge in [-0.3, -0.25) is 9.48 Å². The Bertz CT molecular complexity index is 308. The molecule has 5 nitrogen and oxygen atoms in total. The minimum Gasteiger partial charge on any atom is -0.351 e. The Kier molecular flexibility index (Phi) is 4.98. The number of carbonyl (C=O) groups excluding carboxylic acids is 1. The molecule has 1 aromatic rings. The summed E-state index contributed by atoms with van der Waals surface area (Å²) in [7, 11) is 0. The Morgan fingerprint density at radius 1 is 1.44 bits per heavy atom. The molecule has 2 N–H and O–H groups in total. The molecule has 0 saturated heterocycles. The number of nitrogens with one attached hydrogen (secondary N) is 2. The maximum atomic E-state index is 11.5.